The van der Waals surface area contributed by atoms with Crippen LogP contribution in [0.2, 0.25) is 10.0 Å². The van der Waals surface area contributed by atoms with Crippen molar-refractivity contribution in [3.63, 3.8) is 0 Å². The maximum absolute atomic E-state index is 14.2. The topological polar surface area (TPSA) is 131 Å². The van der Waals surface area contributed by atoms with Gasteiger partial charge >= 0.3 is 12.0 Å². The van der Waals surface area contributed by atoms with E-state index in [1.54, 1.807) is 36.2 Å². The lowest BCUT2D eigenvalue weighted by Crippen LogP contribution is -2.53. The van der Waals surface area contributed by atoms with Crippen molar-refractivity contribution in [3.8, 4) is 6.07 Å². The zero-order valence-corrected chi connectivity index (χ0v) is 20.8. The Balaban J connectivity index is 1.61. The van der Waals surface area contributed by atoms with Crippen molar-refractivity contribution in [2.24, 2.45) is 0 Å². The number of aromatic carboxylic acids is 1. The van der Waals surface area contributed by atoms with Gasteiger partial charge < -0.3 is 14.9 Å². The molecule has 2 aliphatic rings. The largest absolute Gasteiger partial charge is 0.476 e. The second-order valence-corrected chi connectivity index (χ2v) is 9.64. The van der Waals surface area contributed by atoms with E-state index in [9.17, 15) is 19.6 Å². The number of hydrogen-bond acceptors (Lipinski definition) is 7. The molecule has 2 aliphatic heterocycles. The van der Waals surface area contributed by atoms with E-state index in [-0.39, 0.29) is 34.5 Å². The monoisotopic (exact) mass is 536 g/mol. The minimum Gasteiger partial charge on any atom is -0.476 e. The number of carbonyl (C=O) groups excluding carboxylic acids is 2. The SMILES string of the molecule is CN1C(=O)N(c2cc(Cl)cc(Cl)c2)C(=O)C12CN(c1cnc(C(=O)O)cn1)CC2c1ccc(C#N)cc1. The molecule has 2 atom stereocenters. The number of rotatable bonds is 4. The number of urea groups is 1. The third-order valence-electron chi connectivity index (χ3n) is 6.79. The summed E-state index contributed by atoms with van der Waals surface area (Å²) in [5.41, 5.74) is -0.100. The van der Waals surface area contributed by atoms with E-state index in [2.05, 4.69) is 16.0 Å². The molecule has 2 saturated heterocycles. The number of nitrogens with zero attached hydrogens (tertiary/aromatic N) is 6. The normalized spacial score (nSPS) is 21.1. The predicted octanol–water partition coefficient (Wildman–Crippen LogP) is 3.79. The van der Waals surface area contributed by atoms with Crippen LogP contribution in [0, 0.1) is 11.3 Å². The Morgan fingerprint density at radius 3 is 2.35 bits per heavy atom. The number of hydrogen-bond donors (Lipinski definition) is 1. The number of aromatic nitrogens is 2. The first kappa shape index (κ1) is 24.5. The molecule has 37 heavy (non-hydrogen) atoms. The fourth-order valence-corrected chi connectivity index (χ4v) is 5.49. The van der Waals surface area contributed by atoms with Crippen molar-refractivity contribution in [1.29, 1.82) is 5.26 Å². The number of carboxylic acid groups (broad SMARTS) is 1. The number of carbonyl (C=O) groups is 3. The Morgan fingerprint density at radius 2 is 1.78 bits per heavy atom. The Morgan fingerprint density at radius 1 is 1.11 bits per heavy atom. The van der Waals surface area contributed by atoms with Crippen LogP contribution in [0.1, 0.15) is 27.5 Å². The van der Waals surface area contributed by atoms with Gasteiger partial charge in [-0.05, 0) is 35.9 Å². The average Bonchev–Trinajstić information content (AvgIpc) is 3.37. The van der Waals surface area contributed by atoms with E-state index in [1.807, 2.05) is 0 Å². The summed E-state index contributed by atoms with van der Waals surface area (Å²) in [4.78, 5) is 51.4. The molecule has 3 amide bonds. The van der Waals surface area contributed by atoms with Gasteiger partial charge in [0.1, 0.15) is 11.4 Å². The van der Waals surface area contributed by atoms with Gasteiger partial charge in [0, 0.05) is 29.6 Å². The highest BCUT2D eigenvalue weighted by molar-refractivity contribution is 6.35. The summed E-state index contributed by atoms with van der Waals surface area (Å²) in [6.45, 7) is 0.352. The second kappa shape index (κ2) is 9.03. The lowest BCUT2D eigenvalue weighted by atomic mass is 9.80. The first-order valence-corrected chi connectivity index (χ1v) is 11.8. The molecule has 2 aromatic carbocycles. The number of anilines is 2. The van der Waals surface area contributed by atoms with Crippen LogP contribution in [-0.2, 0) is 4.79 Å². The Kier molecular flexibility index (Phi) is 5.98. The van der Waals surface area contributed by atoms with Crippen LogP contribution >= 0.6 is 23.2 Å². The lowest BCUT2D eigenvalue weighted by Gasteiger charge is -2.33. The molecule has 10 nitrogen and oxygen atoms in total. The number of imide groups is 1. The molecule has 186 valence electrons. The van der Waals surface area contributed by atoms with E-state index in [1.165, 1.54) is 29.3 Å². The zero-order valence-electron chi connectivity index (χ0n) is 19.3. The molecule has 0 radical (unpaired) electrons. The van der Waals surface area contributed by atoms with Gasteiger partial charge in [-0.25, -0.2) is 24.5 Å². The van der Waals surface area contributed by atoms with Gasteiger partial charge in [-0.15, -0.1) is 0 Å². The molecule has 12 heteroatoms. The maximum atomic E-state index is 14.2. The van der Waals surface area contributed by atoms with Crippen molar-refractivity contribution in [1.82, 2.24) is 14.9 Å². The second-order valence-electron chi connectivity index (χ2n) is 8.77. The fraction of sp³-hybridized carbons (Fsp3) is 0.200. The average molecular weight is 537 g/mol. The number of halogens is 2. The van der Waals surface area contributed by atoms with Gasteiger partial charge in [-0.3, -0.25) is 4.79 Å². The summed E-state index contributed by atoms with van der Waals surface area (Å²) >= 11 is 12.3. The number of amides is 3. The molecule has 1 aromatic heterocycles. The van der Waals surface area contributed by atoms with Gasteiger partial charge in [0.15, 0.2) is 5.69 Å². The number of likely N-dealkylation sites (N-methyl/N-ethyl adjacent to an activating group) is 1. The highest BCUT2D eigenvalue weighted by atomic mass is 35.5. The molecular formula is C25H18Cl2N6O4. The first-order chi connectivity index (χ1) is 17.6. The molecule has 2 fully saturated rings. The van der Waals surface area contributed by atoms with E-state index in [0.717, 1.165) is 16.7 Å². The minimum atomic E-state index is -1.34. The molecule has 0 saturated carbocycles. The van der Waals surface area contributed by atoms with Crippen LogP contribution in [0.5, 0.6) is 0 Å². The van der Waals surface area contributed by atoms with Crippen molar-refractivity contribution in [2.45, 2.75) is 11.5 Å². The lowest BCUT2D eigenvalue weighted by molar-refractivity contribution is -0.124. The van der Waals surface area contributed by atoms with Gasteiger partial charge in [0.2, 0.25) is 0 Å². The summed E-state index contributed by atoms with van der Waals surface area (Å²) in [6, 6.07) is 12.9. The fourth-order valence-electron chi connectivity index (χ4n) is 4.97. The summed E-state index contributed by atoms with van der Waals surface area (Å²) < 4.78 is 0. The highest BCUT2D eigenvalue weighted by Gasteiger charge is 2.64. The molecule has 0 bridgehead atoms. The van der Waals surface area contributed by atoms with Crippen molar-refractivity contribution < 1.29 is 19.5 Å². The van der Waals surface area contributed by atoms with Crippen molar-refractivity contribution >= 4 is 52.6 Å². The van der Waals surface area contributed by atoms with E-state index < -0.39 is 29.4 Å². The van der Waals surface area contributed by atoms with Crippen molar-refractivity contribution in [2.75, 3.05) is 29.9 Å². The standard InChI is InChI=1S/C25H18Cl2N6O4/c1-31-24(37)33(18-7-16(26)6-17(27)8-18)23(36)25(31)13-32(21-11-29-20(10-30-21)22(34)35)12-19(25)15-4-2-14(9-28)3-5-15/h2-8,10-11,19H,12-13H2,1H3,(H,34,35). The van der Waals surface area contributed by atoms with Crippen LogP contribution in [-0.4, -0.2) is 63.6 Å². The summed E-state index contributed by atoms with van der Waals surface area (Å²) in [5.74, 6) is -1.83. The molecule has 3 heterocycles. The maximum Gasteiger partial charge on any atom is 0.356 e. The van der Waals surface area contributed by atoms with E-state index >= 15 is 0 Å². The van der Waals surface area contributed by atoms with Crippen LogP contribution < -0.4 is 9.80 Å². The van der Waals surface area contributed by atoms with Gasteiger partial charge in [0.05, 0.1) is 36.3 Å². The zero-order chi connectivity index (χ0) is 26.5. The molecular weight excluding hydrogens is 519 g/mol. The smallest absolute Gasteiger partial charge is 0.356 e. The first-order valence-electron chi connectivity index (χ1n) is 11.0. The van der Waals surface area contributed by atoms with Crippen LogP contribution in [0.25, 0.3) is 0 Å². The van der Waals surface area contributed by atoms with E-state index in [0.29, 0.717) is 11.4 Å². The summed E-state index contributed by atoms with van der Waals surface area (Å²) in [6.07, 6.45) is 2.47. The van der Waals surface area contributed by atoms with Gasteiger partial charge in [0.25, 0.3) is 5.91 Å². The third-order valence-corrected chi connectivity index (χ3v) is 7.23. The third kappa shape index (κ3) is 3.93. The minimum absolute atomic E-state index is 0.0740. The van der Waals surface area contributed by atoms with Crippen LogP contribution in [0.3, 0.4) is 0 Å². The number of nitriles is 1. The van der Waals surface area contributed by atoms with Crippen LogP contribution in [0.15, 0.2) is 54.9 Å². The van der Waals surface area contributed by atoms with Gasteiger partial charge in [-0.2, -0.15) is 5.26 Å². The Hall–Kier alpha value is -4.20. The molecule has 5 rings (SSSR count). The molecule has 0 aliphatic carbocycles. The highest BCUT2D eigenvalue weighted by Crippen LogP contribution is 2.47. The molecule has 2 unspecified atom stereocenters. The van der Waals surface area contributed by atoms with E-state index in [4.69, 9.17) is 28.3 Å². The summed E-state index contributed by atoms with van der Waals surface area (Å²) in [7, 11) is 1.56. The number of benzene rings is 2. The molecule has 1 spiro atoms. The predicted molar refractivity (Wildman–Crippen MR) is 135 cm³/mol. The van der Waals surface area contributed by atoms with Crippen LogP contribution in [0.4, 0.5) is 16.3 Å². The summed E-state index contributed by atoms with van der Waals surface area (Å²) in [5, 5.41) is 18.9. The molecule has 1 N–H and O–H groups in total. The Labute approximate surface area is 221 Å². The quantitative estimate of drug-likeness (QED) is 0.498. The number of carboxylic acids is 1. The van der Waals surface area contributed by atoms with Gasteiger partial charge in [-0.1, -0.05) is 35.3 Å². The molecule has 3 aromatic rings. The Bertz CT molecular complexity index is 1450. The van der Waals surface area contributed by atoms with Crippen molar-refractivity contribution in [3.05, 3.63) is 81.7 Å².